The van der Waals surface area contributed by atoms with Gasteiger partial charge in [0.2, 0.25) is 5.95 Å². The average Bonchev–Trinajstić information content (AvgIpc) is 3.30. The molecule has 1 aliphatic rings. The van der Waals surface area contributed by atoms with Crippen LogP contribution < -0.4 is 11.1 Å². The Morgan fingerprint density at radius 2 is 2.08 bits per heavy atom. The van der Waals surface area contributed by atoms with E-state index in [0.29, 0.717) is 17.7 Å². The number of para-hydroxylation sites is 2. The molecule has 0 aliphatic carbocycles. The standard InChI is InChI=1S/C17H15N7O/c1-9-6-7-13(25-9)14-10(8-19-23-14)15-21-16(18)22-17-20-11-4-2-3-5-12(11)24(15)17/h2-8,15H,1H3,(H,19,23)(H3,18,20,21,22)/t15-/m0/s1. The number of aromatic nitrogens is 4. The van der Waals surface area contributed by atoms with E-state index in [9.17, 15) is 0 Å². The van der Waals surface area contributed by atoms with Crippen molar-refractivity contribution in [2.75, 3.05) is 5.32 Å². The maximum Gasteiger partial charge on any atom is 0.212 e. The molecule has 0 bridgehead atoms. The fourth-order valence-corrected chi connectivity index (χ4v) is 3.18. The van der Waals surface area contributed by atoms with E-state index in [2.05, 4.69) is 25.5 Å². The largest absolute Gasteiger partial charge is 0.460 e. The number of rotatable bonds is 2. The van der Waals surface area contributed by atoms with Gasteiger partial charge in [0.25, 0.3) is 0 Å². The number of imidazole rings is 1. The number of aliphatic imine (C=N–C) groups is 1. The number of aromatic amines is 1. The Hall–Kier alpha value is -3.55. The third-order valence-electron chi connectivity index (χ3n) is 4.28. The number of nitrogens with one attached hydrogen (secondary N) is 2. The zero-order valence-corrected chi connectivity index (χ0v) is 13.4. The summed E-state index contributed by atoms with van der Waals surface area (Å²) in [6.45, 7) is 1.90. The molecule has 0 amide bonds. The number of guanidine groups is 1. The second-order valence-corrected chi connectivity index (χ2v) is 5.92. The molecule has 1 atom stereocenters. The van der Waals surface area contributed by atoms with Crippen LogP contribution in [0, 0.1) is 6.92 Å². The van der Waals surface area contributed by atoms with Crippen LogP contribution in [-0.2, 0) is 0 Å². The second-order valence-electron chi connectivity index (χ2n) is 5.92. The van der Waals surface area contributed by atoms with Crippen LogP contribution in [0.3, 0.4) is 0 Å². The summed E-state index contributed by atoms with van der Waals surface area (Å²) in [6, 6.07) is 11.7. The summed E-state index contributed by atoms with van der Waals surface area (Å²) in [4.78, 5) is 9.19. The number of nitrogens with two attached hydrogens (primary N) is 1. The molecule has 0 unspecified atom stereocenters. The van der Waals surface area contributed by atoms with Crippen LogP contribution in [0.1, 0.15) is 17.5 Å². The van der Waals surface area contributed by atoms with Crippen molar-refractivity contribution < 1.29 is 4.42 Å². The topological polar surface area (TPSA) is 110 Å². The first kappa shape index (κ1) is 13.8. The van der Waals surface area contributed by atoms with Crippen LogP contribution >= 0.6 is 0 Å². The van der Waals surface area contributed by atoms with Gasteiger partial charge in [-0.15, -0.1) is 0 Å². The van der Waals surface area contributed by atoms with Crippen LogP contribution in [0.2, 0.25) is 0 Å². The van der Waals surface area contributed by atoms with E-state index in [0.717, 1.165) is 28.1 Å². The van der Waals surface area contributed by atoms with Gasteiger partial charge in [0.15, 0.2) is 17.9 Å². The number of benzene rings is 1. The van der Waals surface area contributed by atoms with E-state index in [1.165, 1.54) is 0 Å². The highest BCUT2D eigenvalue weighted by Gasteiger charge is 2.28. The monoisotopic (exact) mass is 333 g/mol. The Morgan fingerprint density at radius 1 is 1.20 bits per heavy atom. The van der Waals surface area contributed by atoms with Crippen LogP contribution in [-0.4, -0.2) is 25.7 Å². The molecule has 3 aromatic heterocycles. The number of furan rings is 1. The third-order valence-corrected chi connectivity index (χ3v) is 4.28. The quantitative estimate of drug-likeness (QED) is 0.522. The lowest BCUT2D eigenvalue weighted by molar-refractivity contribution is 0.543. The molecule has 4 heterocycles. The number of anilines is 1. The minimum Gasteiger partial charge on any atom is -0.460 e. The maximum absolute atomic E-state index is 5.99. The highest BCUT2D eigenvalue weighted by molar-refractivity contribution is 5.94. The molecule has 0 saturated carbocycles. The molecule has 1 aliphatic heterocycles. The molecule has 0 spiro atoms. The summed E-state index contributed by atoms with van der Waals surface area (Å²) in [6.07, 6.45) is 1.36. The molecule has 1 aromatic carbocycles. The lowest BCUT2D eigenvalue weighted by Gasteiger charge is -2.23. The molecule has 4 aromatic rings. The van der Waals surface area contributed by atoms with Gasteiger partial charge in [-0.1, -0.05) is 12.1 Å². The minimum absolute atomic E-state index is 0.315. The molecule has 5 rings (SSSR count). The second kappa shape index (κ2) is 4.97. The Kier molecular flexibility index (Phi) is 2.75. The lowest BCUT2D eigenvalue weighted by Crippen LogP contribution is -2.31. The van der Waals surface area contributed by atoms with Gasteiger partial charge >= 0.3 is 0 Å². The van der Waals surface area contributed by atoms with Gasteiger partial charge in [-0.2, -0.15) is 5.10 Å². The van der Waals surface area contributed by atoms with Gasteiger partial charge in [-0.25, -0.2) is 9.98 Å². The number of aryl methyl sites for hydroxylation is 1. The van der Waals surface area contributed by atoms with Crippen molar-refractivity contribution >= 4 is 22.9 Å². The van der Waals surface area contributed by atoms with Crippen molar-refractivity contribution in [1.82, 2.24) is 19.7 Å². The summed E-state index contributed by atoms with van der Waals surface area (Å²) in [5, 5.41) is 10.2. The first-order chi connectivity index (χ1) is 12.2. The van der Waals surface area contributed by atoms with Gasteiger partial charge in [0, 0.05) is 5.56 Å². The molecule has 25 heavy (non-hydrogen) atoms. The molecule has 0 fully saturated rings. The van der Waals surface area contributed by atoms with Crippen LogP contribution in [0.15, 0.2) is 52.0 Å². The molecule has 8 nitrogen and oxygen atoms in total. The lowest BCUT2D eigenvalue weighted by atomic mass is 10.1. The zero-order chi connectivity index (χ0) is 17.0. The fraction of sp³-hybridized carbons (Fsp3) is 0.118. The van der Waals surface area contributed by atoms with E-state index < -0.39 is 0 Å². The van der Waals surface area contributed by atoms with Gasteiger partial charge in [0.05, 0.1) is 17.2 Å². The zero-order valence-electron chi connectivity index (χ0n) is 13.4. The van der Waals surface area contributed by atoms with E-state index in [4.69, 9.17) is 10.2 Å². The first-order valence-corrected chi connectivity index (χ1v) is 7.88. The minimum atomic E-state index is -0.386. The predicted molar refractivity (Wildman–Crippen MR) is 94.1 cm³/mol. The highest BCUT2D eigenvalue weighted by atomic mass is 16.3. The van der Waals surface area contributed by atoms with Gasteiger partial charge in [-0.05, 0) is 31.2 Å². The highest BCUT2D eigenvalue weighted by Crippen LogP contribution is 2.36. The SMILES string of the molecule is Cc1ccc(-c2[nH]ncc2[C@H]2N=C(N)Nc3nc4ccccc4n32)o1. The molecular formula is C17H15N7O. The summed E-state index contributed by atoms with van der Waals surface area (Å²) < 4.78 is 7.76. The molecule has 4 N–H and O–H groups in total. The number of H-pyrrole nitrogens is 1. The third kappa shape index (κ3) is 2.04. The molecule has 124 valence electrons. The van der Waals surface area contributed by atoms with E-state index in [-0.39, 0.29) is 6.17 Å². The van der Waals surface area contributed by atoms with Crippen molar-refractivity contribution in [3.8, 4) is 11.5 Å². The van der Waals surface area contributed by atoms with Crippen LogP contribution in [0.5, 0.6) is 0 Å². The Labute approximate surface area is 142 Å². The smallest absolute Gasteiger partial charge is 0.212 e. The van der Waals surface area contributed by atoms with Crippen LogP contribution in [0.4, 0.5) is 5.95 Å². The molecule has 0 radical (unpaired) electrons. The number of fused-ring (bicyclic) bond motifs is 3. The normalized spacial score (nSPS) is 16.5. The van der Waals surface area contributed by atoms with E-state index in [1.54, 1.807) is 6.20 Å². The van der Waals surface area contributed by atoms with E-state index >= 15 is 0 Å². The van der Waals surface area contributed by atoms with Crippen molar-refractivity contribution in [3.63, 3.8) is 0 Å². The van der Waals surface area contributed by atoms with Crippen molar-refractivity contribution in [2.45, 2.75) is 13.1 Å². The van der Waals surface area contributed by atoms with Gasteiger partial charge in [-0.3, -0.25) is 15.0 Å². The Bertz CT molecular complexity index is 1120. The predicted octanol–water partition coefficient (Wildman–Crippen LogP) is 2.61. The van der Waals surface area contributed by atoms with Crippen molar-refractivity contribution in [1.29, 1.82) is 0 Å². The molecular weight excluding hydrogens is 318 g/mol. The summed E-state index contributed by atoms with van der Waals surface area (Å²) in [7, 11) is 0. The average molecular weight is 333 g/mol. The first-order valence-electron chi connectivity index (χ1n) is 7.88. The summed E-state index contributed by atoms with van der Waals surface area (Å²) >= 11 is 0. The summed E-state index contributed by atoms with van der Waals surface area (Å²) in [5.41, 5.74) is 9.47. The van der Waals surface area contributed by atoms with Crippen molar-refractivity contribution in [3.05, 3.63) is 53.9 Å². The summed E-state index contributed by atoms with van der Waals surface area (Å²) in [5.74, 6) is 2.51. The van der Waals surface area contributed by atoms with Crippen LogP contribution in [0.25, 0.3) is 22.5 Å². The van der Waals surface area contributed by atoms with Gasteiger partial charge in [0.1, 0.15) is 11.5 Å². The fourth-order valence-electron chi connectivity index (χ4n) is 3.18. The number of nitrogens with zero attached hydrogens (tertiary/aromatic N) is 4. The Morgan fingerprint density at radius 3 is 2.92 bits per heavy atom. The molecule has 8 heteroatoms. The number of hydrogen-bond acceptors (Lipinski definition) is 6. The van der Waals surface area contributed by atoms with Crippen molar-refractivity contribution in [2.24, 2.45) is 10.7 Å². The van der Waals surface area contributed by atoms with E-state index in [1.807, 2.05) is 47.9 Å². The van der Waals surface area contributed by atoms with Gasteiger partial charge < -0.3 is 10.2 Å². The Balaban J connectivity index is 1.73. The molecule has 0 saturated heterocycles. The maximum atomic E-state index is 5.99. The number of hydrogen-bond donors (Lipinski definition) is 3.